The van der Waals surface area contributed by atoms with E-state index in [1.54, 1.807) is 0 Å². The Morgan fingerprint density at radius 3 is 0.567 bits per heavy atom. The largest absolute Gasteiger partial charge is 0.472 e. The third-order valence-electron chi connectivity index (χ3n) is 20.1. The molecule has 0 bridgehead atoms. The van der Waals surface area contributed by atoms with Crippen LogP contribution in [0.15, 0.2) is 0 Å². The van der Waals surface area contributed by atoms with E-state index in [9.17, 15) is 43.2 Å². The van der Waals surface area contributed by atoms with Crippen LogP contribution in [0.4, 0.5) is 0 Å². The van der Waals surface area contributed by atoms with Gasteiger partial charge < -0.3 is 33.8 Å². The van der Waals surface area contributed by atoms with Gasteiger partial charge in [0.25, 0.3) is 0 Å². The molecule has 0 aliphatic heterocycles. The summed E-state index contributed by atoms with van der Waals surface area (Å²) in [6.45, 7) is 5.01. The van der Waals surface area contributed by atoms with Crippen molar-refractivity contribution < 1.29 is 80.2 Å². The third kappa shape index (κ3) is 78.2. The van der Waals surface area contributed by atoms with Crippen LogP contribution in [-0.4, -0.2) is 96.7 Å². The van der Waals surface area contributed by atoms with Crippen molar-refractivity contribution in [3.63, 3.8) is 0 Å². The zero-order chi connectivity index (χ0) is 76.0. The maximum atomic E-state index is 13.1. The van der Waals surface area contributed by atoms with Gasteiger partial charge in [-0.1, -0.05) is 413 Å². The van der Waals surface area contributed by atoms with Gasteiger partial charge in [0.15, 0.2) is 12.2 Å². The van der Waals surface area contributed by atoms with Crippen LogP contribution in [-0.2, 0) is 65.4 Å². The van der Waals surface area contributed by atoms with Crippen molar-refractivity contribution in [2.45, 2.75) is 483 Å². The van der Waals surface area contributed by atoms with E-state index in [1.165, 1.54) is 295 Å². The Kier molecular flexibility index (Phi) is 77.7. The average molecular weight is 1520 g/mol. The highest BCUT2D eigenvalue weighted by Gasteiger charge is 2.30. The van der Waals surface area contributed by atoms with Crippen molar-refractivity contribution in [3.8, 4) is 0 Å². The van der Waals surface area contributed by atoms with E-state index in [0.717, 1.165) is 89.9 Å². The van der Waals surface area contributed by atoms with Crippen LogP contribution in [0.1, 0.15) is 464 Å². The number of carbonyl (C=O) groups is 4. The molecule has 5 atom stereocenters. The van der Waals surface area contributed by atoms with Crippen molar-refractivity contribution in [3.05, 3.63) is 0 Å². The minimum Gasteiger partial charge on any atom is -0.462 e. The Morgan fingerprint density at radius 2 is 0.385 bits per heavy atom. The predicted molar refractivity (Wildman–Crippen MR) is 428 cm³/mol. The highest BCUT2D eigenvalue weighted by Crippen LogP contribution is 2.45. The molecule has 0 radical (unpaired) electrons. The Hall–Kier alpha value is -1.94. The van der Waals surface area contributed by atoms with Crippen LogP contribution in [0, 0.1) is 0 Å². The topological polar surface area (TPSA) is 237 Å². The molecule has 0 amide bonds. The second kappa shape index (κ2) is 79.2. The highest BCUT2D eigenvalue weighted by molar-refractivity contribution is 7.47. The Labute approximate surface area is 638 Å². The molecule has 0 fully saturated rings. The molecule has 0 saturated carbocycles. The molecule has 0 spiro atoms. The third-order valence-corrected chi connectivity index (χ3v) is 22.0. The number of hydrogen-bond acceptors (Lipinski definition) is 15. The van der Waals surface area contributed by atoms with E-state index in [2.05, 4.69) is 27.7 Å². The molecule has 0 aromatic heterocycles. The maximum Gasteiger partial charge on any atom is 0.472 e. The van der Waals surface area contributed by atoms with Crippen molar-refractivity contribution in [1.29, 1.82) is 0 Å². The van der Waals surface area contributed by atoms with Gasteiger partial charge in [-0.05, 0) is 25.7 Å². The van der Waals surface area contributed by atoms with E-state index in [-0.39, 0.29) is 25.7 Å². The van der Waals surface area contributed by atoms with Gasteiger partial charge in [0.05, 0.1) is 26.4 Å². The lowest BCUT2D eigenvalue weighted by Crippen LogP contribution is -2.30. The molecule has 2 unspecified atom stereocenters. The molecule has 0 saturated heterocycles. The number of carbonyl (C=O) groups excluding carboxylic acids is 4. The minimum absolute atomic E-state index is 0.107. The molecule has 17 nitrogen and oxygen atoms in total. The van der Waals surface area contributed by atoms with E-state index in [1.807, 2.05) is 0 Å². The molecule has 0 aromatic carbocycles. The van der Waals surface area contributed by atoms with Crippen LogP contribution in [0.3, 0.4) is 0 Å². The van der Waals surface area contributed by atoms with Gasteiger partial charge in [-0.2, -0.15) is 0 Å². The minimum atomic E-state index is -4.96. The average Bonchev–Trinajstić information content (AvgIpc) is 0.967. The van der Waals surface area contributed by atoms with Gasteiger partial charge in [-0.25, -0.2) is 9.13 Å². The number of rotatable bonds is 86. The lowest BCUT2D eigenvalue weighted by Gasteiger charge is -2.21. The highest BCUT2D eigenvalue weighted by atomic mass is 31.2. The normalized spacial score (nSPS) is 13.7. The molecule has 104 heavy (non-hydrogen) atoms. The van der Waals surface area contributed by atoms with Crippen LogP contribution < -0.4 is 0 Å². The monoisotopic (exact) mass is 1520 g/mol. The fraction of sp³-hybridized carbons (Fsp3) is 0.953. The van der Waals surface area contributed by atoms with Gasteiger partial charge in [0, 0.05) is 25.7 Å². The van der Waals surface area contributed by atoms with Gasteiger partial charge in [0.2, 0.25) is 0 Å². The van der Waals surface area contributed by atoms with Crippen LogP contribution in [0.5, 0.6) is 0 Å². The molecule has 19 heteroatoms. The zero-order valence-electron chi connectivity index (χ0n) is 68.0. The van der Waals surface area contributed by atoms with Gasteiger partial charge in [0.1, 0.15) is 19.3 Å². The van der Waals surface area contributed by atoms with Crippen molar-refractivity contribution >= 4 is 39.5 Å². The summed E-state index contributed by atoms with van der Waals surface area (Å²) in [7, 11) is -9.92. The summed E-state index contributed by atoms with van der Waals surface area (Å²) in [4.78, 5) is 73.0. The van der Waals surface area contributed by atoms with E-state index < -0.39 is 97.5 Å². The number of aliphatic hydroxyl groups is 1. The fourth-order valence-corrected chi connectivity index (χ4v) is 14.9. The number of ether oxygens (including phenoxy) is 4. The lowest BCUT2D eigenvalue weighted by atomic mass is 10.0. The summed E-state index contributed by atoms with van der Waals surface area (Å²) in [6, 6.07) is 0. The molecule has 618 valence electrons. The summed E-state index contributed by atoms with van der Waals surface area (Å²) in [5, 5.41) is 10.6. The number of phosphoric acid groups is 2. The number of phosphoric ester groups is 2. The summed E-state index contributed by atoms with van der Waals surface area (Å²) in [6.07, 6.45) is 73.9. The zero-order valence-corrected chi connectivity index (χ0v) is 69.8. The Bertz CT molecular complexity index is 1960. The van der Waals surface area contributed by atoms with Gasteiger partial charge >= 0.3 is 39.5 Å². The molecule has 3 N–H and O–H groups in total. The standard InChI is InChI=1S/C85H166O17P2/c1-5-9-13-17-21-25-29-31-33-35-37-39-41-43-45-47-49-51-55-58-62-66-70-83(88)96-76-81(102-85(90)72-68-64-60-56-52-50-48-46-44-42-40-38-36-34-32-30-26-22-18-14-10-6-2)78-100-104(93,94)98-74-79(86)73-97-103(91,92)99-77-80(101-84(89)71-67-63-59-54-28-24-20-16-12-8-4)75-95-82(87)69-65-61-57-53-27-23-19-15-11-7-3/h79-81,86H,5-78H2,1-4H3,(H,91,92)(H,93,94)/t79-,80+,81+/m0/s1. The van der Waals surface area contributed by atoms with Crippen molar-refractivity contribution in [1.82, 2.24) is 0 Å². The quantitative estimate of drug-likeness (QED) is 0.0222. The SMILES string of the molecule is CCCCCCCCCCCCCCCCCCCCCCCCC(=O)OC[C@H](COP(=O)(O)OC[C@@H](O)COP(=O)(O)OC[C@@H](COC(=O)CCCCCCCCCCCC)OC(=O)CCCCCCCCCCCC)OC(=O)CCCCCCCCCCCCCCCCCCCCCCCC. The van der Waals surface area contributed by atoms with Gasteiger partial charge in [-0.3, -0.25) is 37.3 Å². The lowest BCUT2D eigenvalue weighted by molar-refractivity contribution is -0.161. The van der Waals surface area contributed by atoms with E-state index in [0.29, 0.717) is 25.7 Å². The molecule has 0 aromatic rings. The van der Waals surface area contributed by atoms with Gasteiger partial charge in [-0.15, -0.1) is 0 Å². The molecule has 0 aliphatic carbocycles. The molecular formula is C85H166O17P2. The second-order valence-corrected chi connectivity index (χ2v) is 33.5. The number of aliphatic hydroxyl groups excluding tert-OH is 1. The van der Waals surface area contributed by atoms with Crippen LogP contribution in [0.25, 0.3) is 0 Å². The van der Waals surface area contributed by atoms with E-state index in [4.69, 9.17) is 37.0 Å². The summed E-state index contributed by atoms with van der Waals surface area (Å²) in [5.74, 6) is -2.10. The van der Waals surface area contributed by atoms with Crippen LogP contribution in [0.2, 0.25) is 0 Å². The molecular weight excluding hydrogens is 1350 g/mol. The first-order valence-corrected chi connectivity index (χ1v) is 47.3. The smallest absolute Gasteiger partial charge is 0.462 e. The van der Waals surface area contributed by atoms with Crippen molar-refractivity contribution in [2.75, 3.05) is 39.6 Å². The Balaban J connectivity index is 5.15. The summed E-state index contributed by atoms with van der Waals surface area (Å²) in [5.41, 5.74) is 0. The fourth-order valence-electron chi connectivity index (χ4n) is 13.3. The first-order valence-electron chi connectivity index (χ1n) is 44.3. The molecule has 0 aliphatic rings. The molecule has 0 rings (SSSR count). The first-order chi connectivity index (χ1) is 50.7. The molecule has 0 heterocycles. The summed E-state index contributed by atoms with van der Waals surface area (Å²) < 4.78 is 68.7. The van der Waals surface area contributed by atoms with Crippen molar-refractivity contribution in [2.24, 2.45) is 0 Å². The number of esters is 4. The maximum absolute atomic E-state index is 13.1. The first kappa shape index (κ1) is 102. The predicted octanol–water partition coefficient (Wildman–Crippen LogP) is 26.1. The Morgan fingerprint density at radius 1 is 0.231 bits per heavy atom. The second-order valence-electron chi connectivity index (χ2n) is 30.6. The van der Waals surface area contributed by atoms with Crippen LogP contribution >= 0.6 is 15.6 Å². The number of hydrogen-bond donors (Lipinski definition) is 3. The summed E-state index contributed by atoms with van der Waals surface area (Å²) >= 11 is 0. The number of unbranched alkanes of at least 4 members (excludes halogenated alkanes) is 60. The van der Waals surface area contributed by atoms with E-state index >= 15 is 0 Å².